The van der Waals surface area contributed by atoms with Crippen LogP contribution in [0.4, 0.5) is 11.4 Å². The van der Waals surface area contributed by atoms with Gasteiger partial charge in [0.2, 0.25) is 0 Å². The largest absolute Gasteiger partial charge is 0.398 e. The van der Waals surface area contributed by atoms with E-state index in [2.05, 4.69) is 16.8 Å². The van der Waals surface area contributed by atoms with Gasteiger partial charge in [-0.05, 0) is 13.0 Å². The third-order valence-corrected chi connectivity index (χ3v) is 3.32. The minimum Gasteiger partial charge on any atom is -0.398 e. The summed E-state index contributed by atoms with van der Waals surface area (Å²) in [6.07, 6.45) is 1.82. The fourth-order valence-electron chi connectivity index (χ4n) is 2.27. The zero-order valence-corrected chi connectivity index (χ0v) is 10.4. The van der Waals surface area contributed by atoms with Crippen LogP contribution in [0.15, 0.2) is 28.8 Å². The van der Waals surface area contributed by atoms with Crippen molar-refractivity contribution in [2.24, 2.45) is 10.7 Å². The predicted molar refractivity (Wildman–Crippen MR) is 74.2 cm³/mol. The van der Waals surface area contributed by atoms with Crippen LogP contribution in [0.1, 0.15) is 12.5 Å². The Bertz CT molecular complexity index is 502. The van der Waals surface area contributed by atoms with Gasteiger partial charge in [0.15, 0.2) is 0 Å². The molecule has 1 unspecified atom stereocenters. The summed E-state index contributed by atoms with van der Waals surface area (Å²) < 4.78 is 0. The van der Waals surface area contributed by atoms with Crippen LogP contribution in [0.3, 0.4) is 0 Å². The lowest BCUT2D eigenvalue weighted by Crippen LogP contribution is -2.37. The lowest BCUT2D eigenvalue weighted by atomic mass is 9.93. The molecular formula is C13H18N4. The monoisotopic (exact) mass is 230 g/mol. The van der Waals surface area contributed by atoms with Crippen LogP contribution in [0.2, 0.25) is 0 Å². The number of para-hydroxylation sites is 1. The van der Waals surface area contributed by atoms with Crippen molar-refractivity contribution in [1.29, 1.82) is 0 Å². The molecule has 0 aliphatic carbocycles. The van der Waals surface area contributed by atoms with Crippen LogP contribution in [-0.4, -0.2) is 26.4 Å². The molecule has 0 saturated carbocycles. The van der Waals surface area contributed by atoms with Crippen molar-refractivity contribution < 1.29 is 0 Å². The van der Waals surface area contributed by atoms with E-state index in [9.17, 15) is 0 Å². The van der Waals surface area contributed by atoms with E-state index in [4.69, 9.17) is 11.5 Å². The topological polar surface area (TPSA) is 67.6 Å². The molecule has 1 aromatic carbocycles. The maximum Gasteiger partial charge on any atom is 0.0696 e. The smallest absolute Gasteiger partial charge is 0.0696 e. The van der Waals surface area contributed by atoms with Gasteiger partial charge in [-0.25, -0.2) is 0 Å². The van der Waals surface area contributed by atoms with E-state index < -0.39 is 0 Å². The molecule has 4 nitrogen and oxygen atoms in total. The highest BCUT2D eigenvalue weighted by atomic mass is 15.2. The molecule has 1 aliphatic heterocycles. The summed E-state index contributed by atoms with van der Waals surface area (Å²) in [5.41, 5.74) is 16.8. The third kappa shape index (κ3) is 1.65. The molecule has 0 saturated heterocycles. The van der Waals surface area contributed by atoms with Crippen molar-refractivity contribution in [3.05, 3.63) is 29.3 Å². The first-order chi connectivity index (χ1) is 8.07. The average Bonchev–Trinajstić information content (AvgIpc) is 2.31. The molecule has 2 rings (SSSR count). The molecule has 0 spiro atoms. The summed E-state index contributed by atoms with van der Waals surface area (Å²) in [5, 5.41) is 0. The molecule has 17 heavy (non-hydrogen) atoms. The van der Waals surface area contributed by atoms with E-state index in [-0.39, 0.29) is 6.04 Å². The lowest BCUT2D eigenvalue weighted by Gasteiger charge is -2.36. The second-order valence-corrected chi connectivity index (χ2v) is 4.29. The van der Waals surface area contributed by atoms with E-state index in [1.165, 1.54) is 0 Å². The molecule has 0 fully saturated rings. The Balaban J connectivity index is 2.70. The second kappa shape index (κ2) is 4.13. The number of hydrogen-bond donors (Lipinski definition) is 2. The van der Waals surface area contributed by atoms with E-state index in [0.717, 1.165) is 28.2 Å². The molecule has 1 aliphatic rings. The Morgan fingerprint density at radius 2 is 2.06 bits per heavy atom. The quantitative estimate of drug-likeness (QED) is 0.567. The molecule has 4 heteroatoms. The standard InChI is InChI=1S/C13H18N4/c1-8-10(7-16-2)12(15)9-5-4-6-11(14)13(9)17(8)3/h4-8H,14-15H2,1-3H3. The summed E-state index contributed by atoms with van der Waals surface area (Å²) in [6.45, 7) is 2.10. The molecule has 0 aromatic heterocycles. The van der Waals surface area contributed by atoms with Gasteiger partial charge in [0.25, 0.3) is 0 Å². The van der Waals surface area contributed by atoms with Crippen LogP contribution in [0.25, 0.3) is 5.70 Å². The van der Waals surface area contributed by atoms with Gasteiger partial charge in [0.05, 0.1) is 17.4 Å². The molecule has 1 heterocycles. The second-order valence-electron chi connectivity index (χ2n) is 4.29. The number of benzene rings is 1. The summed E-state index contributed by atoms with van der Waals surface area (Å²) in [7, 11) is 3.78. The Labute approximate surface area is 102 Å². The molecule has 1 atom stereocenters. The van der Waals surface area contributed by atoms with Crippen LogP contribution in [0, 0.1) is 0 Å². The van der Waals surface area contributed by atoms with E-state index >= 15 is 0 Å². The number of fused-ring (bicyclic) bond motifs is 1. The Kier molecular flexibility index (Phi) is 2.79. The number of nitrogens with zero attached hydrogens (tertiary/aromatic N) is 2. The van der Waals surface area contributed by atoms with Crippen LogP contribution in [0.5, 0.6) is 0 Å². The molecule has 0 radical (unpaired) electrons. The first-order valence-electron chi connectivity index (χ1n) is 5.61. The van der Waals surface area contributed by atoms with Crippen molar-refractivity contribution in [3.63, 3.8) is 0 Å². The van der Waals surface area contributed by atoms with E-state index in [1.54, 1.807) is 7.05 Å². The van der Waals surface area contributed by atoms with Crippen molar-refractivity contribution >= 4 is 23.3 Å². The summed E-state index contributed by atoms with van der Waals surface area (Å²) in [4.78, 5) is 6.21. The Hall–Kier alpha value is -1.97. The molecular weight excluding hydrogens is 212 g/mol. The number of rotatable bonds is 1. The normalized spacial score (nSPS) is 19.9. The van der Waals surface area contributed by atoms with Gasteiger partial charge in [0.1, 0.15) is 0 Å². The first-order valence-corrected chi connectivity index (χ1v) is 5.61. The Morgan fingerprint density at radius 1 is 1.35 bits per heavy atom. The summed E-state index contributed by atoms with van der Waals surface area (Å²) >= 11 is 0. The number of aliphatic imine (C=N–C) groups is 1. The third-order valence-electron chi connectivity index (χ3n) is 3.32. The summed E-state index contributed by atoms with van der Waals surface area (Å²) in [5.74, 6) is 0. The summed E-state index contributed by atoms with van der Waals surface area (Å²) in [6, 6.07) is 5.99. The van der Waals surface area contributed by atoms with Crippen molar-refractivity contribution in [1.82, 2.24) is 0 Å². The van der Waals surface area contributed by atoms with Crippen LogP contribution >= 0.6 is 0 Å². The van der Waals surface area contributed by atoms with Crippen LogP contribution in [-0.2, 0) is 0 Å². The molecule has 0 bridgehead atoms. The fraction of sp³-hybridized carbons (Fsp3) is 0.308. The molecule has 4 N–H and O–H groups in total. The van der Waals surface area contributed by atoms with Gasteiger partial charge in [0, 0.05) is 37.1 Å². The zero-order chi connectivity index (χ0) is 12.6. The highest BCUT2D eigenvalue weighted by molar-refractivity contribution is 5.99. The molecule has 90 valence electrons. The van der Waals surface area contributed by atoms with Gasteiger partial charge < -0.3 is 16.4 Å². The molecule has 1 aromatic rings. The Morgan fingerprint density at radius 3 is 2.71 bits per heavy atom. The lowest BCUT2D eigenvalue weighted by molar-refractivity contribution is 0.795. The minimum absolute atomic E-state index is 0.177. The maximum atomic E-state index is 6.20. The number of hydrogen-bond acceptors (Lipinski definition) is 4. The molecule has 0 amide bonds. The zero-order valence-electron chi connectivity index (χ0n) is 10.4. The number of anilines is 2. The van der Waals surface area contributed by atoms with Gasteiger partial charge in [-0.3, -0.25) is 4.99 Å². The number of nitrogens with two attached hydrogens (primary N) is 2. The van der Waals surface area contributed by atoms with Gasteiger partial charge >= 0.3 is 0 Å². The predicted octanol–water partition coefficient (Wildman–Crippen LogP) is 1.48. The SMILES string of the molecule is CN=CC1=C(N)c2cccc(N)c2N(C)C1C. The van der Waals surface area contributed by atoms with Gasteiger partial charge in [-0.15, -0.1) is 0 Å². The maximum absolute atomic E-state index is 6.20. The number of likely N-dealkylation sites (N-methyl/N-ethyl adjacent to an activating group) is 1. The highest BCUT2D eigenvalue weighted by Crippen LogP contribution is 2.37. The van der Waals surface area contributed by atoms with Gasteiger partial charge in [-0.2, -0.15) is 0 Å². The first kappa shape index (κ1) is 11.5. The highest BCUT2D eigenvalue weighted by Gasteiger charge is 2.27. The van der Waals surface area contributed by atoms with E-state index in [1.807, 2.05) is 31.5 Å². The van der Waals surface area contributed by atoms with E-state index in [0.29, 0.717) is 0 Å². The van der Waals surface area contributed by atoms with Crippen molar-refractivity contribution in [2.75, 3.05) is 24.7 Å². The fourth-order valence-corrected chi connectivity index (χ4v) is 2.27. The number of nitrogen functional groups attached to an aromatic ring is 1. The van der Waals surface area contributed by atoms with Crippen molar-refractivity contribution in [3.8, 4) is 0 Å². The van der Waals surface area contributed by atoms with Crippen molar-refractivity contribution in [2.45, 2.75) is 13.0 Å². The minimum atomic E-state index is 0.177. The van der Waals surface area contributed by atoms with Gasteiger partial charge in [-0.1, -0.05) is 12.1 Å². The average molecular weight is 230 g/mol. The van der Waals surface area contributed by atoms with Crippen LogP contribution < -0.4 is 16.4 Å².